The van der Waals surface area contributed by atoms with E-state index in [0.717, 1.165) is 16.8 Å². The number of hydrogen-bond acceptors (Lipinski definition) is 6. The van der Waals surface area contributed by atoms with Gasteiger partial charge < -0.3 is 5.73 Å². The van der Waals surface area contributed by atoms with Crippen LogP contribution < -0.4 is 11.2 Å². The summed E-state index contributed by atoms with van der Waals surface area (Å²) in [5.74, 6) is 0.287. The smallest absolute Gasteiger partial charge is 0.201 e. The maximum atomic E-state index is 8.94. The van der Waals surface area contributed by atoms with Crippen LogP contribution in [0.5, 0.6) is 0 Å². The first kappa shape index (κ1) is 16.1. The summed E-state index contributed by atoms with van der Waals surface area (Å²) < 4.78 is 1.77. The highest BCUT2D eigenvalue weighted by Gasteiger charge is 2.09. The van der Waals surface area contributed by atoms with Crippen molar-refractivity contribution in [2.75, 3.05) is 5.43 Å². The summed E-state index contributed by atoms with van der Waals surface area (Å²) in [6.45, 7) is 3.89. The third-order valence-corrected chi connectivity index (χ3v) is 3.58. The van der Waals surface area contributed by atoms with E-state index >= 15 is 0 Å². The minimum atomic E-state index is -0.397. The highest BCUT2D eigenvalue weighted by Crippen LogP contribution is 2.23. The highest BCUT2D eigenvalue weighted by molar-refractivity contribution is 6.45. The van der Waals surface area contributed by atoms with Crippen molar-refractivity contribution in [2.24, 2.45) is 10.8 Å². The first-order chi connectivity index (χ1) is 12.0. The number of benzene rings is 1. The van der Waals surface area contributed by atoms with Gasteiger partial charge in [-0.3, -0.25) is 10.8 Å². The van der Waals surface area contributed by atoms with Gasteiger partial charge in [0.05, 0.1) is 16.9 Å². The van der Waals surface area contributed by atoms with Gasteiger partial charge in [-0.1, -0.05) is 12.1 Å². The number of nitrogens with one attached hydrogen (secondary N) is 2. The molecular formula is C17H16N8. The Morgan fingerprint density at radius 3 is 2.76 bits per heavy atom. The monoisotopic (exact) mass is 332 g/mol. The Balaban J connectivity index is 2.08. The van der Waals surface area contributed by atoms with Crippen LogP contribution in [0.15, 0.2) is 41.5 Å². The summed E-state index contributed by atoms with van der Waals surface area (Å²) in [7, 11) is 0. The molecule has 0 aliphatic rings. The molecule has 0 spiro atoms. The zero-order chi connectivity index (χ0) is 18.0. The number of nitrogens with zero attached hydrogens (tertiary/aromatic N) is 5. The topological polar surface area (TPSA) is 129 Å². The number of hydrazone groups is 1. The molecule has 3 aromatic rings. The van der Waals surface area contributed by atoms with Crippen molar-refractivity contribution >= 4 is 28.1 Å². The van der Waals surface area contributed by atoms with Gasteiger partial charge in [0.2, 0.25) is 5.71 Å². The van der Waals surface area contributed by atoms with Crippen LogP contribution in [-0.4, -0.2) is 26.3 Å². The average molecular weight is 332 g/mol. The lowest BCUT2D eigenvalue weighted by Crippen LogP contribution is -2.21. The molecule has 3 rings (SSSR count). The van der Waals surface area contributed by atoms with Crippen LogP contribution in [0.25, 0.3) is 16.7 Å². The normalized spacial score (nSPS) is 11.3. The number of hydrogen-bond donors (Lipinski definition) is 3. The van der Waals surface area contributed by atoms with Gasteiger partial charge in [0, 0.05) is 11.1 Å². The van der Waals surface area contributed by atoms with Crippen molar-refractivity contribution < 1.29 is 0 Å². The van der Waals surface area contributed by atoms with Crippen molar-refractivity contribution in [3.63, 3.8) is 0 Å². The van der Waals surface area contributed by atoms with E-state index in [4.69, 9.17) is 16.4 Å². The zero-order valence-electron chi connectivity index (χ0n) is 13.8. The fourth-order valence-electron chi connectivity index (χ4n) is 2.47. The van der Waals surface area contributed by atoms with Gasteiger partial charge in [-0.05, 0) is 38.1 Å². The van der Waals surface area contributed by atoms with Gasteiger partial charge in [0.1, 0.15) is 6.07 Å². The van der Waals surface area contributed by atoms with E-state index in [1.54, 1.807) is 16.8 Å². The summed E-state index contributed by atoms with van der Waals surface area (Å²) in [5.41, 5.74) is 11.1. The molecule has 2 heterocycles. The second-order valence-electron chi connectivity index (χ2n) is 5.48. The number of aryl methyl sites for hydroxylation is 2. The average Bonchev–Trinajstić information content (AvgIpc) is 2.93. The number of pyridine rings is 1. The van der Waals surface area contributed by atoms with E-state index in [1.807, 2.05) is 44.2 Å². The largest absolute Gasteiger partial charge is 0.382 e. The molecular weight excluding hydrogens is 316 g/mol. The molecule has 0 unspecified atom stereocenters. The van der Waals surface area contributed by atoms with Crippen LogP contribution in [0, 0.1) is 30.6 Å². The lowest BCUT2D eigenvalue weighted by atomic mass is 10.2. The third kappa shape index (κ3) is 3.16. The molecule has 0 saturated heterocycles. The second-order valence-corrected chi connectivity index (χ2v) is 5.48. The Kier molecular flexibility index (Phi) is 4.14. The first-order valence-electron chi connectivity index (χ1n) is 7.51. The molecule has 2 aromatic heterocycles. The Hall–Kier alpha value is -3.73. The predicted octanol–water partition coefficient (Wildman–Crippen LogP) is 2.26. The number of nitrogens with two attached hydrogens (primary N) is 1. The summed E-state index contributed by atoms with van der Waals surface area (Å²) >= 11 is 0. The summed E-state index contributed by atoms with van der Waals surface area (Å²) in [4.78, 5) is 4.67. The molecule has 8 nitrogen and oxygen atoms in total. The van der Waals surface area contributed by atoms with Gasteiger partial charge in [0.25, 0.3) is 0 Å². The Morgan fingerprint density at radius 1 is 1.32 bits per heavy atom. The minimum absolute atomic E-state index is 0.188. The van der Waals surface area contributed by atoms with Crippen molar-refractivity contribution in [3.05, 3.63) is 47.8 Å². The molecule has 25 heavy (non-hydrogen) atoms. The van der Waals surface area contributed by atoms with E-state index in [1.165, 1.54) is 0 Å². The van der Waals surface area contributed by atoms with Gasteiger partial charge in [-0.15, -0.1) is 0 Å². The van der Waals surface area contributed by atoms with E-state index in [0.29, 0.717) is 17.0 Å². The van der Waals surface area contributed by atoms with Crippen molar-refractivity contribution in [1.82, 2.24) is 14.8 Å². The fraction of sp³-hybridized carbons (Fsp3) is 0.118. The molecule has 0 fully saturated rings. The Bertz CT molecular complexity index is 1040. The second kappa shape index (κ2) is 6.41. The van der Waals surface area contributed by atoms with Crippen LogP contribution in [0.1, 0.15) is 11.4 Å². The number of rotatable bonds is 4. The van der Waals surface area contributed by atoms with Crippen LogP contribution in [-0.2, 0) is 0 Å². The first-order valence-corrected chi connectivity index (χ1v) is 7.51. The quantitative estimate of drug-likeness (QED) is 0.383. The molecule has 0 atom stereocenters. The van der Waals surface area contributed by atoms with Crippen LogP contribution in [0.4, 0.5) is 5.69 Å². The van der Waals surface area contributed by atoms with E-state index in [2.05, 4.69) is 20.6 Å². The van der Waals surface area contributed by atoms with Crippen LogP contribution in [0.3, 0.4) is 0 Å². The summed E-state index contributed by atoms with van der Waals surface area (Å²) in [6, 6.07) is 13.2. The number of fused-ring (bicyclic) bond motifs is 1. The molecule has 0 saturated carbocycles. The van der Waals surface area contributed by atoms with Gasteiger partial charge in [-0.2, -0.15) is 15.5 Å². The lowest BCUT2D eigenvalue weighted by Gasteiger charge is -2.09. The molecule has 8 heteroatoms. The fourth-order valence-corrected chi connectivity index (χ4v) is 2.47. The Morgan fingerprint density at radius 2 is 2.12 bits per heavy atom. The van der Waals surface area contributed by atoms with Crippen LogP contribution in [0.2, 0.25) is 0 Å². The molecule has 0 amide bonds. The minimum Gasteiger partial charge on any atom is -0.382 e. The number of para-hydroxylation sites is 1. The molecule has 0 radical (unpaired) electrons. The lowest BCUT2D eigenvalue weighted by molar-refractivity contribution is 0.810. The van der Waals surface area contributed by atoms with Crippen molar-refractivity contribution in [1.29, 1.82) is 10.7 Å². The van der Waals surface area contributed by atoms with E-state index in [-0.39, 0.29) is 5.71 Å². The highest BCUT2D eigenvalue weighted by atomic mass is 15.3. The maximum Gasteiger partial charge on any atom is 0.201 e. The summed E-state index contributed by atoms with van der Waals surface area (Å²) in [6.07, 6.45) is 0. The van der Waals surface area contributed by atoms with Gasteiger partial charge in [0.15, 0.2) is 11.7 Å². The molecule has 124 valence electrons. The van der Waals surface area contributed by atoms with Gasteiger partial charge in [-0.25, -0.2) is 9.67 Å². The number of amidine groups is 1. The predicted molar refractivity (Wildman–Crippen MR) is 96.9 cm³/mol. The molecule has 1 aromatic carbocycles. The van der Waals surface area contributed by atoms with Crippen LogP contribution >= 0.6 is 0 Å². The molecule has 0 bridgehead atoms. The van der Waals surface area contributed by atoms with Crippen molar-refractivity contribution in [2.45, 2.75) is 13.8 Å². The number of anilines is 1. The third-order valence-electron chi connectivity index (χ3n) is 3.58. The van der Waals surface area contributed by atoms with E-state index < -0.39 is 5.84 Å². The van der Waals surface area contributed by atoms with Crippen molar-refractivity contribution in [3.8, 4) is 11.9 Å². The number of nitriles is 1. The Labute approximate surface area is 144 Å². The molecule has 4 N–H and O–H groups in total. The maximum absolute atomic E-state index is 8.94. The molecule has 0 aliphatic carbocycles. The zero-order valence-corrected chi connectivity index (χ0v) is 13.8. The molecule has 0 aliphatic heterocycles. The van der Waals surface area contributed by atoms with Gasteiger partial charge >= 0.3 is 0 Å². The van der Waals surface area contributed by atoms with E-state index in [9.17, 15) is 0 Å². The summed E-state index contributed by atoms with van der Waals surface area (Å²) in [5, 5.41) is 25.5. The number of aromatic nitrogens is 3. The SMILES string of the molecule is Cc1cc(C)n(-c2ccc3cccc(N/N=C(\C#N)C(=N)N)c3n2)n1. The standard InChI is InChI=1S/C17H16N8/c1-10-8-11(2)25(24-10)15-7-6-12-4-3-5-13(16(12)21-15)22-23-14(9-18)17(19)20/h3-8,22H,1-2H3,(H3,19,20)/b23-14+.